The SMILES string of the molecule is [2H]C1([2H])CCCC([2H])([2H])C12c1ccccc1-c1ccc(-c3cccc(-c4cccc(-c5nc(-c6ccccc6)nc(-c6ccc7c(c6)C6(c8ccccc8-c8ccccc86)c6ccccc6-7)n5)c4)c3)cc12. The zero-order valence-electron chi connectivity index (χ0n) is 40.7. The lowest BCUT2D eigenvalue weighted by atomic mass is 9.67. The molecular formula is C64H45N3. The summed E-state index contributed by atoms with van der Waals surface area (Å²) >= 11 is 0. The summed E-state index contributed by atoms with van der Waals surface area (Å²) in [5.74, 6) is 1.76. The summed E-state index contributed by atoms with van der Waals surface area (Å²) in [6.45, 7) is 0. The van der Waals surface area contributed by atoms with Crippen molar-refractivity contribution in [2.75, 3.05) is 0 Å². The Balaban J connectivity index is 0.883. The highest BCUT2D eigenvalue weighted by Gasteiger charge is 2.51. The molecule has 3 nitrogen and oxygen atoms in total. The van der Waals surface area contributed by atoms with Crippen molar-refractivity contribution in [1.82, 2.24) is 15.0 Å². The van der Waals surface area contributed by atoms with Crippen molar-refractivity contribution in [3.8, 4) is 89.8 Å². The second-order valence-corrected chi connectivity index (χ2v) is 18.2. The molecule has 4 aliphatic rings. The Hall–Kier alpha value is -8.01. The summed E-state index contributed by atoms with van der Waals surface area (Å²) in [4.78, 5) is 15.7. The lowest BCUT2D eigenvalue weighted by molar-refractivity contribution is 0.353. The van der Waals surface area contributed by atoms with E-state index < -0.39 is 23.6 Å². The Labute approximate surface area is 397 Å². The van der Waals surface area contributed by atoms with E-state index in [4.69, 9.17) is 15.0 Å². The van der Waals surface area contributed by atoms with Gasteiger partial charge in [0.05, 0.1) is 5.41 Å². The molecule has 9 aromatic carbocycles. The Kier molecular flexibility index (Phi) is 7.56. The van der Waals surface area contributed by atoms with Crippen molar-refractivity contribution in [1.29, 1.82) is 0 Å². The van der Waals surface area contributed by atoms with Gasteiger partial charge in [0.1, 0.15) is 0 Å². The Bertz CT molecular complexity index is 3760. The number of nitrogens with zero attached hydrogens (tertiary/aromatic N) is 3. The first-order valence-electron chi connectivity index (χ1n) is 25.4. The fraction of sp³-hybridized carbons (Fsp3) is 0.109. The first-order valence-corrected chi connectivity index (χ1v) is 23.4. The van der Waals surface area contributed by atoms with Gasteiger partial charge in [0.2, 0.25) is 0 Å². The molecule has 0 radical (unpaired) electrons. The molecule has 1 heterocycles. The molecule has 4 aliphatic carbocycles. The highest BCUT2D eigenvalue weighted by Crippen LogP contribution is 2.63. The Morgan fingerprint density at radius 1 is 0.284 bits per heavy atom. The van der Waals surface area contributed by atoms with Crippen LogP contribution in [0.25, 0.3) is 89.8 Å². The molecule has 0 amide bonds. The largest absolute Gasteiger partial charge is 0.208 e. The summed E-state index contributed by atoms with van der Waals surface area (Å²) < 4.78 is 37.9. The topological polar surface area (TPSA) is 38.7 Å². The van der Waals surface area contributed by atoms with Crippen molar-refractivity contribution in [2.45, 2.75) is 42.8 Å². The molecule has 1 fully saturated rings. The van der Waals surface area contributed by atoms with Crippen LogP contribution in [0, 0.1) is 0 Å². The van der Waals surface area contributed by atoms with E-state index in [2.05, 4.69) is 158 Å². The molecule has 0 N–H and O–H groups in total. The van der Waals surface area contributed by atoms with Crippen LogP contribution in [0.15, 0.2) is 212 Å². The highest BCUT2D eigenvalue weighted by molar-refractivity contribution is 5.96. The van der Waals surface area contributed by atoms with Gasteiger partial charge >= 0.3 is 0 Å². The molecular weight excluding hydrogens is 811 g/mol. The normalized spacial score (nSPS) is 17.5. The second-order valence-electron chi connectivity index (χ2n) is 18.2. The van der Waals surface area contributed by atoms with Crippen molar-refractivity contribution in [3.05, 3.63) is 246 Å². The van der Waals surface area contributed by atoms with Crippen LogP contribution in [0.2, 0.25) is 0 Å². The van der Waals surface area contributed by atoms with Gasteiger partial charge in [0, 0.05) is 27.6 Å². The molecule has 316 valence electrons. The smallest absolute Gasteiger partial charge is 0.164 e. The molecule has 0 aliphatic heterocycles. The molecule has 0 atom stereocenters. The number of rotatable bonds is 5. The third-order valence-corrected chi connectivity index (χ3v) is 14.8. The molecule has 1 saturated carbocycles. The first kappa shape index (κ1) is 34.4. The van der Waals surface area contributed by atoms with E-state index in [0.29, 0.717) is 36.7 Å². The van der Waals surface area contributed by atoms with Gasteiger partial charge in [-0.25, -0.2) is 15.0 Å². The van der Waals surface area contributed by atoms with Crippen LogP contribution < -0.4 is 0 Å². The van der Waals surface area contributed by atoms with Crippen LogP contribution in [0.1, 0.15) is 70.9 Å². The van der Waals surface area contributed by atoms with Gasteiger partial charge < -0.3 is 0 Å². The molecule has 10 aromatic rings. The minimum absolute atomic E-state index is 0.304. The van der Waals surface area contributed by atoms with Crippen molar-refractivity contribution >= 4 is 0 Å². The quantitative estimate of drug-likeness (QED) is 0.173. The van der Waals surface area contributed by atoms with Crippen molar-refractivity contribution in [2.24, 2.45) is 0 Å². The minimum atomic E-state index is -1.78. The number of hydrogen-bond acceptors (Lipinski definition) is 3. The number of hydrogen-bond donors (Lipinski definition) is 0. The molecule has 0 unspecified atom stereocenters. The summed E-state index contributed by atoms with van der Waals surface area (Å²) in [5.41, 5.74) is 18.0. The molecule has 67 heavy (non-hydrogen) atoms. The number of fused-ring (bicyclic) bond motifs is 15. The maximum absolute atomic E-state index is 9.47. The van der Waals surface area contributed by atoms with Crippen molar-refractivity contribution in [3.63, 3.8) is 0 Å². The van der Waals surface area contributed by atoms with Crippen molar-refractivity contribution < 1.29 is 5.48 Å². The van der Waals surface area contributed by atoms with Gasteiger partial charge in [-0.1, -0.05) is 207 Å². The monoisotopic (exact) mass is 859 g/mol. The summed E-state index contributed by atoms with van der Waals surface area (Å²) in [6, 6.07) is 74.3. The third-order valence-electron chi connectivity index (χ3n) is 14.8. The third kappa shape index (κ3) is 5.61. The fourth-order valence-corrected chi connectivity index (χ4v) is 11.8. The zero-order chi connectivity index (χ0) is 47.7. The van der Waals surface area contributed by atoms with E-state index in [1.807, 2.05) is 54.6 Å². The van der Waals surface area contributed by atoms with Gasteiger partial charge in [-0.3, -0.25) is 0 Å². The Morgan fingerprint density at radius 3 is 1.24 bits per heavy atom. The maximum Gasteiger partial charge on any atom is 0.164 e. The highest BCUT2D eigenvalue weighted by atomic mass is 15.0. The van der Waals surface area contributed by atoms with Gasteiger partial charge in [-0.05, 0) is 126 Å². The van der Waals surface area contributed by atoms with E-state index >= 15 is 0 Å². The van der Waals surface area contributed by atoms with Crippen LogP contribution in [0.3, 0.4) is 0 Å². The van der Waals surface area contributed by atoms with Crippen LogP contribution in [-0.2, 0) is 10.8 Å². The van der Waals surface area contributed by atoms with Crippen LogP contribution >= 0.6 is 0 Å². The molecule has 0 bridgehead atoms. The van der Waals surface area contributed by atoms with Gasteiger partial charge in [-0.2, -0.15) is 0 Å². The zero-order valence-corrected chi connectivity index (χ0v) is 36.7. The lowest BCUT2D eigenvalue weighted by Crippen LogP contribution is -2.28. The standard InChI is InChI=1S/C64H45N3/c1-3-17-41(18-4-1)60-65-61(67-62(66-60)47-32-34-53-51-26-8-12-30-57(51)64(59(53)40-47)55-28-10-6-24-49(55)50-25-7-11-29-56(50)64)46-22-16-21-44(38-46)42-19-15-20-43(37-42)45-31-33-52-48-23-5-9-27-54(48)63(58(52)39-45)35-13-2-14-36-63/h1,3-12,15-34,37-40H,2,13-14,35-36H2/i35D2,36D2. The van der Waals surface area contributed by atoms with Crippen LogP contribution in [-0.4, -0.2) is 15.0 Å². The lowest BCUT2D eigenvalue weighted by Gasteiger charge is -2.36. The number of benzene rings is 9. The fourth-order valence-electron chi connectivity index (χ4n) is 11.8. The maximum atomic E-state index is 9.47. The average Bonchev–Trinajstić information content (AvgIpc) is 4.03. The summed E-state index contributed by atoms with van der Waals surface area (Å²) in [6.07, 6.45) is -2.45. The second kappa shape index (κ2) is 14.8. The molecule has 14 rings (SSSR count). The minimum Gasteiger partial charge on any atom is -0.208 e. The van der Waals surface area contributed by atoms with E-state index in [1.165, 1.54) is 44.5 Å². The molecule has 2 spiro atoms. The van der Waals surface area contributed by atoms with Gasteiger partial charge in [0.25, 0.3) is 0 Å². The van der Waals surface area contributed by atoms with E-state index in [-0.39, 0.29) is 0 Å². The summed E-state index contributed by atoms with van der Waals surface area (Å²) in [7, 11) is 0. The van der Waals surface area contributed by atoms with E-state index in [0.717, 1.165) is 61.2 Å². The predicted octanol–water partition coefficient (Wildman–Crippen LogP) is 15.8. The van der Waals surface area contributed by atoms with Crippen LogP contribution in [0.4, 0.5) is 0 Å². The van der Waals surface area contributed by atoms with Gasteiger partial charge in [-0.15, -0.1) is 0 Å². The van der Waals surface area contributed by atoms with E-state index in [1.54, 1.807) is 0 Å². The first-order chi connectivity index (χ1) is 34.7. The summed E-state index contributed by atoms with van der Waals surface area (Å²) in [5, 5.41) is 0. The number of aromatic nitrogens is 3. The molecule has 0 saturated heterocycles. The molecule has 3 heteroatoms. The van der Waals surface area contributed by atoms with Crippen LogP contribution in [0.5, 0.6) is 0 Å². The van der Waals surface area contributed by atoms with E-state index in [9.17, 15) is 5.48 Å². The average molecular weight is 860 g/mol. The molecule has 1 aromatic heterocycles. The Morgan fingerprint density at radius 2 is 0.657 bits per heavy atom. The predicted molar refractivity (Wildman–Crippen MR) is 273 cm³/mol. The van der Waals surface area contributed by atoms with Gasteiger partial charge in [0.15, 0.2) is 17.5 Å².